The van der Waals surface area contributed by atoms with Crippen LogP contribution in [-0.2, 0) is 0 Å². The van der Waals surface area contributed by atoms with Gasteiger partial charge in [-0.2, -0.15) is 0 Å². The Labute approximate surface area is 185 Å². The van der Waals surface area contributed by atoms with Gasteiger partial charge in [-0.15, -0.1) is 0 Å². The maximum Gasteiger partial charge on any atom is 0.345 e. The fourth-order valence-corrected chi connectivity index (χ4v) is 3.80. The van der Waals surface area contributed by atoms with Gasteiger partial charge in [0.15, 0.2) is 11.3 Å². The van der Waals surface area contributed by atoms with Crippen molar-refractivity contribution in [2.24, 2.45) is 0 Å². The summed E-state index contributed by atoms with van der Waals surface area (Å²) in [4.78, 5) is 17.8. The summed E-state index contributed by atoms with van der Waals surface area (Å²) in [5.74, 6) is 0.525. The third-order valence-corrected chi connectivity index (χ3v) is 5.50. The van der Waals surface area contributed by atoms with Gasteiger partial charge in [-0.3, -0.25) is 0 Å². The number of fused-ring (bicyclic) bond motifs is 1. The van der Waals surface area contributed by atoms with E-state index in [9.17, 15) is 4.79 Å². The lowest BCUT2D eigenvalue weighted by atomic mass is 9.99. The summed E-state index contributed by atoms with van der Waals surface area (Å²) >= 11 is 0. The molecular formula is C28H21NO3. The van der Waals surface area contributed by atoms with Crippen LogP contribution in [0.1, 0.15) is 5.56 Å². The SMILES string of the molecule is COc1cccc2cc(-c3cc(-c4ccc(C)cc4)cc(-c4ccccc4)n3)c(=O)oc12. The van der Waals surface area contributed by atoms with E-state index in [1.807, 2.05) is 54.6 Å². The Balaban J connectivity index is 1.75. The number of para-hydroxylation sites is 1. The molecule has 5 rings (SSSR count). The Hall–Kier alpha value is -4.18. The Kier molecular flexibility index (Phi) is 5.04. The second kappa shape index (κ2) is 8.16. The molecule has 0 saturated heterocycles. The molecule has 0 N–H and O–H groups in total. The number of aryl methyl sites for hydroxylation is 1. The first-order valence-corrected chi connectivity index (χ1v) is 10.4. The number of hydrogen-bond acceptors (Lipinski definition) is 4. The van der Waals surface area contributed by atoms with E-state index >= 15 is 0 Å². The van der Waals surface area contributed by atoms with Gasteiger partial charge >= 0.3 is 5.63 Å². The van der Waals surface area contributed by atoms with Crippen LogP contribution in [0.2, 0.25) is 0 Å². The number of benzene rings is 3. The highest BCUT2D eigenvalue weighted by Gasteiger charge is 2.15. The van der Waals surface area contributed by atoms with Crippen molar-refractivity contribution in [3.8, 4) is 39.4 Å². The lowest BCUT2D eigenvalue weighted by molar-refractivity contribution is 0.407. The molecule has 0 fully saturated rings. The molecule has 0 amide bonds. The second-order valence-electron chi connectivity index (χ2n) is 7.68. The van der Waals surface area contributed by atoms with Gasteiger partial charge in [0.1, 0.15) is 0 Å². The van der Waals surface area contributed by atoms with Crippen LogP contribution >= 0.6 is 0 Å². The van der Waals surface area contributed by atoms with Crippen LogP contribution in [0, 0.1) is 6.92 Å². The Morgan fingerprint density at radius 3 is 2.25 bits per heavy atom. The minimum absolute atomic E-state index is 0.414. The summed E-state index contributed by atoms with van der Waals surface area (Å²) < 4.78 is 11.0. The average molecular weight is 419 g/mol. The first-order valence-electron chi connectivity index (χ1n) is 10.4. The van der Waals surface area contributed by atoms with Crippen molar-refractivity contribution >= 4 is 11.0 Å². The highest BCUT2D eigenvalue weighted by atomic mass is 16.5. The lowest BCUT2D eigenvalue weighted by Crippen LogP contribution is -2.05. The first-order chi connectivity index (χ1) is 15.6. The maximum atomic E-state index is 13.0. The standard InChI is InChI=1S/C28H21NO3/c1-18-11-13-19(14-12-18)22-16-24(20-7-4-3-5-8-20)29-25(17-22)23-15-21-9-6-10-26(31-2)27(21)32-28(23)30/h3-17H,1-2H3. The molecule has 3 aromatic carbocycles. The van der Waals surface area contributed by atoms with E-state index in [2.05, 4.69) is 37.3 Å². The number of rotatable bonds is 4. The van der Waals surface area contributed by atoms with Crippen LogP contribution in [0.5, 0.6) is 5.75 Å². The maximum absolute atomic E-state index is 13.0. The van der Waals surface area contributed by atoms with Crippen molar-refractivity contribution in [3.05, 3.63) is 107 Å². The normalized spacial score (nSPS) is 10.9. The van der Waals surface area contributed by atoms with Gasteiger partial charge in [0.05, 0.1) is 24.1 Å². The smallest absolute Gasteiger partial charge is 0.345 e. The average Bonchev–Trinajstić information content (AvgIpc) is 2.84. The zero-order valence-electron chi connectivity index (χ0n) is 17.8. The highest BCUT2D eigenvalue weighted by Crippen LogP contribution is 2.31. The van der Waals surface area contributed by atoms with Gasteiger partial charge in [0, 0.05) is 10.9 Å². The summed E-state index contributed by atoms with van der Waals surface area (Å²) in [6.45, 7) is 2.06. The van der Waals surface area contributed by atoms with Gasteiger partial charge in [0.25, 0.3) is 0 Å². The highest BCUT2D eigenvalue weighted by molar-refractivity contribution is 5.86. The molecule has 4 heteroatoms. The van der Waals surface area contributed by atoms with E-state index < -0.39 is 5.63 Å². The molecule has 0 aliphatic rings. The summed E-state index contributed by atoms with van der Waals surface area (Å²) in [5, 5.41) is 0.780. The Morgan fingerprint density at radius 1 is 0.750 bits per heavy atom. The number of ether oxygens (including phenoxy) is 1. The lowest BCUT2D eigenvalue weighted by Gasteiger charge is -2.11. The summed E-state index contributed by atoms with van der Waals surface area (Å²) in [6.07, 6.45) is 0. The van der Waals surface area contributed by atoms with Crippen LogP contribution < -0.4 is 10.4 Å². The van der Waals surface area contributed by atoms with Crippen LogP contribution in [0.15, 0.2) is 100 Å². The third-order valence-electron chi connectivity index (χ3n) is 5.50. The molecule has 156 valence electrons. The zero-order valence-corrected chi connectivity index (χ0v) is 17.8. The van der Waals surface area contributed by atoms with Crippen molar-refractivity contribution in [1.29, 1.82) is 0 Å². The summed E-state index contributed by atoms with van der Waals surface area (Å²) in [6, 6.07) is 29.6. The van der Waals surface area contributed by atoms with Crippen LogP contribution in [0.3, 0.4) is 0 Å². The van der Waals surface area contributed by atoms with Crippen molar-refractivity contribution in [1.82, 2.24) is 4.98 Å². The van der Waals surface area contributed by atoms with Gasteiger partial charge in [0.2, 0.25) is 0 Å². The zero-order chi connectivity index (χ0) is 22.1. The molecule has 0 saturated carbocycles. The van der Waals surface area contributed by atoms with Crippen molar-refractivity contribution in [2.45, 2.75) is 6.92 Å². The molecule has 4 nitrogen and oxygen atoms in total. The van der Waals surface area contributed by atoms with Crippen molar-refractivity contribution < 1.29 is 9.15 Å². The summed E-state index contributed by atoms with van der Waals surface area (Å²) in [5.41, 5.74) is 5.98. The van der Waals surface area contributed by atoms with Gasteiger partial charge in [-0.25, -0.2) is 9.78 Å². The van der Waals surface area contributed by atoms with Crippen LogP contribution in [0.4, 0.5) is 0 Å². The predicted molar refractivity (Wildman–Crippen MR) is 128 cm³/mol. The number of hydrogen-bond donors (Lipinski definition) is 0. The van der Waals surface area contributed by atoms with E-state index in [4.69, 9.17) is 14.1 Å². The topological polar surface area (TPSA) is 52.3 Å². The molecule has 2 aromatic heterocycles. The molecular weight excluding hydrogens is 398 g/mol. The molecule has 0 bridgehead atoms. The molecule has 32 heavy (non-hydrogen) atoms. The van der Waals surface area contributed by atoms with E-state index in [0.717, 1.165) is 27.8 Å². The van der Waals surface area contributed by atoms with E-state index in [0.29, 0.717) is 22.6 Å². The van der Waals surface area contributed by atoms with Gasteiger partial charge in [-0.1, -0.05) is 72.3 Å². The monoisotopic (exact) mass is 419 g/mol. The predicted octanol–water partition coefficient (Wildman–Crippen LogP) is 6.51. The van der Waals surface area contributed by atoms with Gasteiger partial charge in [-0.05, 0) is 42.3 Å². The molecule has 5 aromatic rings. The number of nitrogens with zero attached hydrogens (tertiary/aromatic N) is 1. The molecule has 2 heterocycles. The van der Waals surface area contributed by atoms with E-state index in [1.165, 1.54) is 5.56 Å². The number of aromatic nitrogens is 1. The molecule has 0 radical (unpaired) electrons. The largest absolute Gasteiger partial charge is 0.493 e. The fourth-order valence-electron chi connectivity index (χ4n) is 3.80. The Bertz CT molecular complexity index is 1470. The third kappa shape index (κ3) is 3.67. The molecule has 0 unspecified atom stereocenters. The fraction of sp³-hybridized carbons (Fsp3) is 0.0714. The van der Waals surface area contributed by atoms with Crippen molar-refractivity contribution in [2.75, 3.05) is 7.11 Å². The molecule has 0 aliphatic heterocycles. The van der Waals surface area contributed by atoms with E-state index in [1.54, 1.807) is 13.2 Å². The number of methoxy groups -OCH3 is 1. The van der Waals surface area contributed by atoms with Gasteiger partial charge < -0.3 is 9.15 Å². The quantitative estimate of drug-likeness (QED) is 0.312. The minimum Gasteiger partial charge on any atom is -0.493 e. The van der Waals surface area contributed by atoms with Crippen LogP contribution in [-0.4, -0.2) is 12.1 Å². The van der Waals surface area contributed by atoms with Crippen molar-refractivity contribution in [3.63, 3.8) is 0 Å². The number of pyridine rings is 1. The molecule has 0 atom stereocenters. The van der Waals surface area contributed by atoms with E-state index in [-0.39, 0.29) is 0 Å². The first kappa shape index (κ1) is 19.8. The molecule has 0 spiro atoms. The second-order valence-corrected chi connectivity index (χ2v) is 7.68. The Morgan fingerprint density at radius 2 is 1.50 bits per heavy atom. The molecule has 0 aliphatic carbocycles. The van der Waals surface area contributed by atoms with Crippen LogP contribution in [0.25, 0.3) is 44.6 Å². The minimum atomic E-state index is -0.449. The summed E-state index contributed by atoms with van der Waals surface area (Å²) in [7, 11) is 1.56.